The summed E-state index contributed by atoms with van der Waals surface area (Å²) in [5.41, 5.74) is -0.00501. The van der Waals surface area contributed by atoms with Crippen LogP contribution in [0.4, 0.5) is 11.4 Å². The molecular formula is C16H16N2O3. The van der Waals surface area contributed by atoms with Crippen LogP contribution in [0, 0.1) is 0 Å². The van der Waals surface area contributed by atoms with Gasteiger partial charge in [-0.2, -0.15) is 0 Å². The Morgan fingerprint density at radius 3 is 2.76 bits per heavy atom. The maximum Gasteiger partial charge on any atom is 0.341 e. The molecule has 0 radical (unpaired) electrons. The largest absolute Gasteiger partial charge is 0.464 e. The average molecular weight is 284 g/mol. The number of nitrogens with one attached hydrogen (secondary N) is 2. The highest BCUT2D eigenvalue weighted by atomic mass is 16.5. The topological polar surface area (TPSA) is 67.4 Å². The third-order valence-electron chi connectivity index (χ3n) is 3.69. The first-order chi connectivity index (χ1) is 10.1. The molecule has 3 rings (SSSR count). The van der Waals surface area contributed by atoms with Gasteiger partial charge in [-0.25, -0.2) is 4.79 Å². The number of amides is 1. The van der Waals surface area contributed by atoms with Crippen LogP contribution in [0.1, 0.15) is 13.8 Å². The first-order valence-corrected chi connectivity index (χ1v) is 6.85. The Balaban J connectivity index is 2.09. The fourth-order valence-corrected chi connectivity index (χ4v) is 2.49. The summed E-state index contributed by atoms with van der Waals surface area (Å²) in [5.74, 6) is -0.994. The lowest BCUT2D eigenvalue weighted by atomic mass is 9.95. The third kappa shape index (κ3) is 2.01. The van der Waals surface area contributed by atoms with Crippen molar-refractivity contribution >= 4 is 34.0 Å². The van der Waals surface area contributed by atoms with E-state index in [2.05, 4.69) is 10.6 Å². The minimum atomic E-state index is -1.41. The summed E-state index contributed by atoms with van der Waals surface area (Å²) in [6, 6.07) is 11.6. The van der Waals surface area contributed by atoms with Crippen molar-refractivity contribution in [2.75, 3.05) is 17.2 Å². The highest BCUT2D eigenvalue weighted by Crippen LogP contribution is 2.37. The normalized spacial score (nSPS) is 20.4. The van der Waals surface area contributed by atoms with Gasteiger partial charge in [-0.15, -0.1) is 0 Å². The molecule has 2 N–H and O–H groups in total. The number of hydrogen-bond acceptors (Lipinski definition) is 4. The van der Waals surface area contributed by atoms with E-state index >= 15 is 0 Å². The van der Waals surface area contributed by atoms with Crippen LogP contribution in [-0.4, -0.2) is 24.0 Å². The quantitative estimate of drug-likeness (QED) is 0.657. The van der Waals surface area contributed by atoms with Crippen LogP contribution in [0.15, 0.2) is 36.4 Å². The van der Waals surface area contributed by atoms with Crippen molar-refractivity contribution in [3.8, 4) is 0 Å². The molecule has 5 nitrogen and oxygen atoms in total. The van der Waals surface area contributed by atoms with Gasteiger partial charge in [-0.1, -0.05) is 30.3 Å². The van der Waals surface area contributed by atoms with Crippen LogP contribution < -0.4 is 10.6 Å². The molecule has 1 aliphatic heterocycles. The van der Waals surface area contributed by atoms with Gasteiger partial charge in [0.05, 0.1) is 18.0 Å². The van der Waals surface area contributed by atoms with Gasteiger partial charge >= 0.3 is 5.97 Å². The highest BCUT2D eigenvalue weighted by Gasteiger charge is 2.46. The Labute approximate surface area is 122 Å². The molecule has 2 aromatic carbocycles. The lowest BCUT2D eigenvalue weighted by molar-refractivity contribution is -0.151. The fraction of sp³-hybridized carbons (Fsp3) is 0.250. The number of carbonyl (C=O) groups is 2. The van der Waals surface area contributed by atoms with Gasteiger partial charge < -0.3 is 15.4 Å². The Bertz CT molecular complexity index is 741. The Hall–Kier alpha value is -2.56. The lowest BCUT2D eigenvalue weighted by Crippen LogP contribution is -2.56. The second-order valence-electron chi connectivity index (χ2n) is 5.13. The second-order valence-corrected chi connectivity index (χ2v) is 5.13. The van der Waals surface area contributed by atoms with Crippen molar-refractivity contribution in [2.24, 2.45) is 0 Å². The van der Waals surface area contributed by atoms with Crippen molar-refractivity contribution < 1.29 is 14.3 Å². The van der Waals surface area contributed by atoms with Gasteiger partial charge in [0.15, 0.2) is 0 Å². The molecule has 2 aromatic rings. The number of rotatable bonds is 2. The maximum absolute atomic E-state index is 12.4. The smallest absolute Gasteiger partial charge is 0.341 e. The van der Waals surface area contributed by atoms with Crippen LogP contribution >= 0.6 is 0 Å². The van der Waals surface area contributed by atoms with Crippen molar-refractivity contribution in [3.63, 3.8) is 0 Å². The van der Waals surface area contributed by atoms with E-state index in [-0.39, 0.29) is 6.61 Å². The highest BCUT2D eigenvalue weighted by molar-refractivity contribution is 6.21. The van der Waals surface area contributed by atoms with Crippen LogP contribution in [0.3, 0.4) is 0 Å². The Kier molecular flexibility index (Phi) is 3.05. The number of hydrogen-bond donors (Lipinski definition) is 2. The van der Waals surface area contributed by atoms with E-state index in [9.17, 15) is 9.59 Å². The van der Waals surface area contributed by atoms with Crippen molar-refractivity contribution in [3.05, 3.63) is 36.4 Å². The first kappa shape index (κ1) is 13.4. The van der Waals surface area contributed by atoms with Gasteiger partial charge in [0.2, 0.25) is 5.54 Å². The zero-order chi connectivity index (χ0) is 15.0. The molecule has 0 aromatic heterocycles. The minimum absolute atomic E-state index is 0.230. The molecular weight excluding hydrogens is 268 g/mol. The van der Waals surface area contributed by atoms with E-state index in [1.165, 1.54) is 6.92 Å². The standard InChI is InChI=1S/C16H16N2O3/c1-3-21-15(20)16(2)14(19)17-13-11-7-5-4-6-10(11)8-9-12(13)18-16/h4-9,18H,3H2,1-2H3,(H,17,19)/t16-/m1/s1. The number of esters is 1. The monoisotopic (exact) mass is 284 g/mol. The molecule has 0 aliphatic carbocycles. The minimum Gasteiger partial charge on any atom is -0.464 e. The number of ether oxygens (including phenoxy) is 1. The fourth-order valence-electron chi connectivity index (χ4n) is 2.49. The maximum atomic E-state index is 12.4. The summed E-state index contributed by atoms with van der Waals surface area (Å²) in [4.78, 5) is 24.4. The number of anilines is 2. The molecule has 0 fully saturated rings. The van der Waals surface area contributed by atoms with Crippen molar-refractivity contribution in [1.82, 2.24) is 0 Å². The van der Waals surface area contributed by atoms with Crippen LogP contribution in [0.25, 0.3) is 10.8 Å². The SMILES string of the molecule is CCOC(=O)[C@]1(C)Nc2ccc3ccccc3c2NC1=O. The van der Waals surface area contributed by atoms with Gasteiger partial charge in [-0.3, -0.25) is 4.79 Å². The molecule has 0 spiro atoms. The summed E-state index contributed by atoms with van der Waals surface area (Å²) in [5, 5.41) is 7.80. The number of carbonyl (C=O) groups excluding carboxylic acids is 2. The molecule has 0 unspecified atom stereocenters. The van der Waals surface area contributed by atoms with Crippen LogP contribution in [-0.2, 0) is 14.3 Å². The number of fused-ring (bicyclic) bond motifs is 3. The Morgan fingerprint density at radius 2 is 2.00 bits per heavy atom. The first-order valence-electron chi connectivity index (χ1n) is 6.85. The summed E-state index contributed by atoms with van der Waals surface area (Å²) in [6.45, 7) is 3.47. The average Bonchev–Trinajstić information content (AvgIpc) is 2.49. The van der Waals surface area contributed by atoms with Crippen LogP contribution in [0.2, 0.25) is 0 Å². The van der Waals surface area contributed by atoms with E-state index in [0.29, 0.717) is 11.4 Å². The van der Waals surface area contributed by atoms with Crippen LogP contribution in [0.5, 0.6) is 0 Å². The lowest BCUT2D eigenvalue weighted by Gasteiger charge is -2.34. The van der Waals surface area contributed by atoms with E-state index in [1.54, 1.807) is 6.92 Å². The number of benzene rings is 2. The molecule has 0 saturated heterocycles. The van der Waals surface area contributed by atoms with Gasteiger partial charge in [0, 0.05) is 5.39 Å². The zero-order valence-electron chi connectivity index (χ0n) is 11.9. The van der Waals surface area contributed by atoms with Gasteiger partial charge in [0.25, 0.3) is 5.91 Å². The molecule has 1 heterocycles. The summed E-state index contributed by atoms with van der Waals surface area (Å²) >= 11 is 0. The zero-order valence-corrected chi connectivity index (χ0v) is 11.9. The predicted octanol–water partition coefficient (Wildman–Crippen LogP) is 2.53. The molecule has 1 atom stereocenters. The molecule has 0 bridgehead atoms. The van der Waals surface area contributed by atoms with E-state index in [1.807, 2.05) is 36.4 Å². The predicted molar refractivity (Wildman–Crippen MR) is 81.2 cm³/mol. The summed E-state index contributed by atoms with van der Waals surface area (Å²) in [7, 11) is 0. The Morgan fingerprint density at radius 1 is 1.24 bits per heavy atom. The molecule has 1 aliphatic rings. The van der Waals surface area contributed by atoms with Crippen molar-refractivity contribution in [1.29, 1.82) is 0 Å². The molecule has 0 saturated carbocycles. The molecule has 21 heavy (non-hydrogen) atoms. The third-order valence-corrected chi connectivity index (χ3v) is 3.69. The van der Waals surface area contributed by atoms with Crippen molar-refractivity contribution in [2.45, 2.75) is 19.4 Å². The van der Waals surface area contributed by atoms with E-state index < -0.39 is 17.4 Å². The molecule has 1 amide bonds. The van der Waals surface area contributed by atoms with Gasteiger partial charge in [0.1, 0.15) is 0 Å². The summed E-state index contributed by atoms with van der Waals surface area (Å²) < 4.78 is 5.00. The van der Waals surface area contributed by atoms with Gasteiger partial charge in [-0.05, 0) is 25.3 Å². The summed E-state index contributed by atoms with van der Waals surface area (Å²) in [6.07, 6.45) is 0. The van der Waals surface area contributed by atoms with E-state index in [4.69, 9.17) is 4.74 Å². The molecule has 108 valence electrons. The molecule has 5 heteroatoms. The second kappa shape index (κ2) is 4.77. The van der Waals surface area contributed by atoms with E-state index in [0.717, 1.165) is 10.8 Å².